The van der Waals surface area contributed by atoms with Gasteiger partial charge in [0.2, 0.25) is 16.0 Å². The summed E-state index contributed by atoms with van der Waals surface area (Å²) in [6.07, 6.45) is 6.13. The maximum atomic E-state index is 12.4. The van der Waals surface area contributed by atoms with Gasteiger partial charge in [-0.05, 0) is 37.6 Å². The number of imidazole rings is 1. The minimum absolute atomic E-state index is 0.167. The molecule has 0 aliphatic carbocycles. The van der Waals surface area contributed by atoms with E-state index in [9.17, 15) is 8.42 Å². The third-order valence-corrected chi connectivity index (χ3v) is 5.59. The smallest absolute Gasteiger partial charge is 0.240 e. The first-order valence-electron chi connectivity index (χ1n) is 9.38. The summed E-state index contributed by atoms with van der Waals surface area (Å²) in [5, 5.41) is 15.1. The second kappa shape index (κ2) is 9.82. The molecule has 0 unspecified atom stereocenters. The SMILES string of the molecule is CCNc1nc(Nc2ccc(S(=O)(=O)NCCCc3ncc[nH]3)cc2)ncc1C#N. The molecule has 0 aliphatic heterocycles. The van der Waals surface area contributed by atoms with Gasteiger partial charge in [-0.15, -0.1) is 0 Å². The van der Waals surface area contributed by atoms with E-state index in [0.717, 1.165) is 5.82 Å². The highest BCUT2D eigenvalue weighted by molar-refractivity contribution is 7.89. The van der Waals surface area contributed by atoms with Crippen LogP contribution >= 0.6 is 0 Å². The Morgan fingerprint density at radius 3 is 2.67 bits per heavy atom. The van der Waals surface area contributed by atoms with Crippen molar-refractivity contribution in [3.63, 3.8) is 0 Å². The summed E-state index contributed by atoms with van der Waals surface area (Å²) in [7, 11) is -3.60. The summed E-state index contributed by atoms with van der Waals surface area (Å²) in [5.74, 6) is 1.57. The van der Waals surface area contributed by atoms with Crippen molar-refractivity contribution < 1.29 is 8.42 Å². The normalized spacial score (nSPS) is 11.1. The lowest BCUT2D eigenvalue weighted by molar-refractivity contribution is 0.578. The van der Waals surface area contributed by atoms with Crippen molar-refractivity contribution in [3.8, 4) is 6.07 Å². The molecule has 1 aromatic carbocycles. The van der Waals surface area contributed by atoms with Crippen LogP contribution in [0.25, 0.3) is 0 Å². The third-order valence-electron chi connectivity index (χ3n) is 4.11. The fourth-order valence-electron chi connectivity index (χ4n) is 2.65. The quantitative estimate of drug-likeness (QED) is 0.360. The molecule has 156 valence electrons. The summed E-state index contributed by atoms with van der Waals surface area (Å²) in [4.78, 5) is 15.6. The van der Waals surface area contributed by atoms with Crippen molar-refractivity contribution in [1.82, 2.24) is 24.7 Å². The molecule has 10 nitrogen and oxygen atoms in total. The highest BCUT2D eigenvalue weighted by Gasteiger charge is 2.13. The predicted molar refractivity (Wildman–Crippen MR) is 113 cm³/mol. The van der Waals surface area contributed by atoms with Gasteiger partial charge < -0.3 is 15.6 Å². The van der Waals surface area contributed by atoms with E-state index in [-0.39, 0.29) is 4.90 Å². The zero-order valence-corrected chi connectivity index (χ0v) is 17.2. The number of hydrogen-bond acceptors (Lipinski definition) is 8. The summed E-state index contributed by atoms with van der Waals surface area (Å²) >= 11 is 0. The van der Waals surface area contributed by atoms with Crippen LogP contribution in [0.4, 0.5) is 17.5 Å². The number of benzene rings is 1. The molecular formula is C19H22N8O2S. The van der Waals surface area contributed by atoms with E-state index in [1.807, 2.05) is 13.0 Å². The van der Waals surface area contributed by atoms with E-state index in [4.69, 9.17) is 5.26 Å². The number of rotatable bonds is 10. The van der Waals surface area contributed by atoms with Gasteiger partial charge in [-0.3, -0.25) is 0 Å². The van der Waals surface area contributed by atoms with E-state index in [1.54, 1.807) is 24.5 Å². The zero-order valence-electron chi connectivity index (χ0n) is 16.4. The lowest BCUT2D eigenvalue weighted by Gasteiger charge is -2.10. The Kier molecular flexibility index (Phi) is 6.95. The Bertz CT molecular complexity index is 1110. The largest absolute Gasteiger partial charge is 0.369 e. The van der Waals surface area contributed by atoms with E-state index in [2.05, 4.69) is 35.3 Å². The maximum Gasteiger partial charge on any atom is 0.240 e. The molecule has 0 amide bonds. The second-order valence-electron chi connectivity index (χ2n) is 6.28. The number of anilines is 3. The van der Waals surface area contributed by atoms with E-state index >= 15 is 0 Å². The molecule has 0 spiro atoms. The molecule has 30 heavy (non-hydrogen) atoms. The van der Waals surface area contributed by atoms with Crippen molar-refractivity contribution in [2.45, 2.75) is 24.7 Å². The van der Waals surface area contributed by atoms with E-state index < -0.39 is 10.0 Å². The van der Waals surface area contributed by atoms with Gasteiger partial charge in [0.05, 0.1) is 11.1 Å². The Morgan fingerprint density at radius 1 is 1.20 bits per heavy atom. The number of aromatic nitrogens is 4. The molecule has 11 heteroatoms. The van der Waals surface area contributed by atoms with Crippen molar-refractivity contribution in [2.24, 2.45) is 0 Å². The highest BCUT2D eigenvalue weighted by atomic mass is 32.2. The summed E-state index contributed by atoms with van der Waals surface area (Å²) in [6.45, 7) is 2.84. The minimum Gasteiger partial charge on any atom is -0.369 e. The van der Waals surface area contributed by atoms with Gasteiger partial charge in [0.25, 0.3) is 0 Å². The molecule has 2 heterocycles. The molecule has 0 atom stereocenters. The first-order valence-corrected chi connectivity index (χ1v) is 10.9. The Labute approximate surface area is 174 Å². The zero-order chi connectivity index (χ0) is 21.4. The molecule has 3 rings (SSSR count). The first kappa shape index (κ1) is 21.2. The van der Waals surface area contributed by atoms with Gasteiger partial charge in [0.1, 0.15) is 23.3 Å². The van der Waals surface area contributed by atoms with Crippen LogP contribution in [0.5, 0.6) is 0 Å². The minimum atomic E-state index is -3.60. The maximum absolute atomic E-state index is 12.4. The second-order valence-corrected chi connectivity index (χ2v) is 8.05. The summed E-state index contributed by atoms with van der Waals surface area (Å²) in [6, 6.07) is 8.30. The molecule has 0 radical (unpaired) electrons. The van der Waals surface area contributed by atoms with Crippen LogP contribution in [0.15, 0.2) is 47.8 Å². The molecule has 0 fully saturated rings. The van der Waals surface area contributed by atoms with Crippen molar-refractivity contribution in [3.05, 3.63) is 54.2 Å². The Morgan fingerprint density at radius 2 is 2.00 bits per heavy atom. The van der Waals surface area contributed by atoms with Crippen molar-refractivity contribution >= 4 is 27.5 Å². The molecular weight excluding hydrogens is 404 g/mol. The van der Waals surface area contributed by atoms with Gasteiger partial charge in [-0.1, -0.05) is 0 Å². The fourth-order valence-corrected chi connectivity index (χ4v) is 3.73. The number of nitrogens with zero attached hydrogens (tertiary/aromatic N) is 4. The fraction of sp³-hybridized carbons (Fsp3) is 0.263. The molecule has 0 saturated heterocycles. The van der Waals surface area contributed by atoms with Crippen LogP contribution in [0.3, 0.4) is 0 Å². The van der Waals surface area contributed by atoms with Crippen LogP contribution in [0.2, 0.25) is 0 Å². The number of hydrogen-bond donors (Lipinski definition) is 4. The average Bonchev–Trinajstić information content (AvgIpc) is 3.26. The molecule has 0 saturated carbocycles. The Balaban J connectivity index is 1.60. The molecule has 2 aromatic heterocycles. The number of aromatic amines is 1. The number of sulfonamides is 1. The van der Waals surface area contributed by atoms with Crippen molar-refractivity contribution in [1.29, 1.82) is 5.26 Å². The monoisotopic (exact) mass is 426 g/mol. The van der Waals surface area contributed by atoms with Gasteiger partial charge in [0, 0.05) is 37.6 Å². The first-order chi connectivity index (χ1) is 14.5. The summed E-state index contributed by atoms with van der Waals surface area (Å²) < 4.78 is 27.5. The lowest BCUT2D eigenvalue weighted by atomic mass is 10.3. The summed E-state index contributed by atoms with van der Waals surface area (Å²) in [5.41, 5.74) is 0.973. The number of nitriles is 1. The Hall–Kier alpha value is -3.49. The molecule has 0 bridgehead atoms. The number of nitrogens with one attached hydrogen (secondary N) is 4. The van der Waals surface area contributed by atoms with E-state index in [1.165, 1.54) is 18.3 Å². The van der Waals surface area contributed by atoms with Gasteiger partial charge >= 0.3 is 0 Å². The van der Waals surface area contributed by atoms with Crippen LogP contribution in [-0.4, -0.2) is 41.4 Å². The van der Waals surface area contributed by atoms with E-state index in [0.29, 0.717) is 48.9 Å². The van der Waals surface area contributed by atoms with Crippen LogP contribution in [-0.2, 0) is 16.4 Å². The number of aryl methyl sites for hydroxylation is 1. The molecule has 3 aromatic rings. The lowest BCUT2D eigenvalue weighted by Crippen LogP contribution is -2.25. The molecule has 4 N–H and O–H groups in total. The average molecular weight is 427 g/mol. The predicted octanol–water partition coefficient (Wildman–Crippen LogP) is 2.16. The standard InChI is InChI=1S/C19H22N8O2S/c1-2-21-18-14(12-20)13-24-19(27-18)26-15-5-7-16(8-6-15)30(28,29)25-9-3-4-17-22-10-11-23-17/h5-8,10-11,13,25H,2-4,9H2,1H3,(H,22,23)(H2,21,24,26,27). The molecule has 0 aliphatic rings. The number of H-pyrrole nitrogens is 1. The highest BCUT2D eigenvalue weighted by Crippen LogP contribution is 2.19. The third kappa shape index (κ3) is 5.53. The van der Waals surface area contributed by atoms with Crippen LogP contribution in [0.1, 0.15) is 24.7 Å². The van der Waals surface area contributed by atoms with Crippen LogP contribution in [0, 0.1) is 11.3 Å². The van der Waals surface area contributed by atoms with Crippen LogP contribution < -0.4 is 15.4 Å². The van der Waals surface area contributed by atoms with Gasteiger partial charge in [-0.2, -0.15) is 10.2 Å². The van der Waals surface area contributed by atoms with Crippen molar-refractivity contribution in [2.75, 3.05) is 23.7 Å². The van der Waals surface area contributed by atoms with Gasteiger partial charge in [-0.25, -0.2) is 23.1 Å². The topological polar surface area (TPSA) is 148 Å². The van der Waals surface area contributed by atoms with Gasteiger partial charge in [0.15, 0.2) is 0 Å².